The van der Waals surface area contributed by atoms with Gasteiger partial charge in [0.25, 0.3) is 0 Å². The minimum absolute atomic E-state index is 0.279. The van der Waals surface area contributed by atoms with Crippen molar-refractivity contribution in [3.63, 3.8) is 0 Å². The van der Waals surface area contributed by atoms with Crippen LogP contribution in [0.2, 0.25) is 0 Å². The van der Waals surface area contributed by atoms with Gasteiger partial charge in [-0.15, -0.1) is 0 Å². The molecule has 2 rings (SSSR count). The van der Waals surface area contributed by atoms with Crippen molar-refractivity contribution in [3.05, 3.63) is 53.2 Å². The van der Waals surface area contributed by atoms with E-state index in [-0.39, 0.29) is 5.56 Å². The van der Waals surface area contributed by atoms with Gasteiger partial charge >= 0.3 is 5.97 Å². The van der Waals surface area contributed by atoms with E-state index in [4.69, 9.17) is 10.4 Å². The van der Waals surface area contributed by atoms with Gasteiger partial charge in [0.15, 0.2) is 0 Å². The topological polar surface area (TPSA) is 74.0 Å². The maximum Gasteiger partial charge on any atom is 0.335 e. The molecule has 0 saturated heterocycles. The predicted molar refractivity (Wildman–Crippen MR) is 71.2 cm³/mol. The zero-order valence-corrected chi connectivity index (χ0v) is 10.9. The van der Waals surface area contributed by atoms with E-state index in [0.717, 1.165) is 10.5 Å². The molecule has 0 atom stereocenters. The largest absolute Gasteiger partial charge is 0.478 e. The number of aromatic nitrogens is 1. The number of carboxylic acids is 1. The first-order valence-electron chi connectivity index (χ1n) is 5.48. The van der Waals surface area contributed by atoms with Crippen LogP contribution >= 0.6 is 11.8 Å². The van der Waals surface area contributed by atoms with Gasteiger partial charge in [0.1, 0.15) is 5.03 Å². The van der Waals surface area contributed by atoms with Crippen molar-refractivity contribution in [3.8, 4) is 6.07 Å². The Morgan fingerprint density at radius 1 is 1.37 bits per heavy atom. The number of hydrogen-bond donors (Lipinski definition) is 1. The first-order chi connectivity index (χ1) is 9.10. The van der Waals surface area contributed by atoms with Crippen molar-refractivity contribution in [2.24, 2.45) is 0 Å². The van der Waals surface area contributed by atoms with Gasteiger partial charge in [-0.25, -0.2) is 9.78 Å². The number of pyridine rings is 1. The van der Waals surface area contributed by atoms with Crippen LogP contribution in [-0.2, 0) is 0 Å². The summed E-state index contributed by atoms with van der Waals surface area (Å²) >= 11 is 1.33. The SMILES string of the molecule is Cc1ccc(Sc2cc(C#N)ccn2)cc1C(=O)O. The molecule has 0 spiro atoms. The molecular weight excluding hydrogens is 260 g/mol. The summed E-state index contributed by atoms with van der Waals surface area (Å²) in [4.78, 5) is 16.0. The van der Waals surface area contributed by atoms with Crippen molar-refractivity contribution in [2.45, 2.75) is 16.8 Å². The normalized spacial score (nSPS) is 9.89. The second-order valence-corrected chi connectivity index (χ2v) is 4.97. The first-order valence-corrected chi connectivity index (χ1v) is 6.30. The molecule has 19 heavy (non-hydrogen) atoms. The fourth-order valence-electron chi connectivity index (χ4n) is 1.55. The smallest absolute Gasteiger partial charge is 0.335 e. The number of nitriles is 1. The summed E-state index contributed by atoms with van der Waals surface area (Å²) in [6.45, 7) is 1.76. The van der Waals surface area contributed by atoms with E-state index in [0.29, 0.717) is 10.6 Å². The third kappa shape index (κ3) is 3.12. The zero-order valence-electron chi connectivity index (χ0n) is 10.1. The Kier molecular flexibility index (Phi) is 3.83. The van der Waals surface area contributed by atoms with Crippen molar-refractivity contribution >= 4 is 17.7 Å². The molecule has 0 fully saturated rings. The average Bonchev–Trinajstić information content (AvgIpc) is 2.41. The van der Waals surface area contributed by atoms with Gasteiger partial charge in [-0.2, -0.15) is 5.26 Å². The number of carbonyl (C=O) groups is 1. The maximum absolute atomic E-state index is 11.1. The molecule has 0 unspecified atom stereocenters. The number of carboxylic acid groups (broad SMARTS) is 1. The molecule has 0 saturated carbocycles. The van der Waals surface area contributed by atoms with Gasteiger partial charge in [-0.1, -0.05) is 17.8 Å². The summed E-state index contributed by atoms with van der Waals surface area (Å²) in [5.74, 6) is -0.946. The number of aromatic carboxylic acids is 1. The average molecular weight is 270 g/mol. The van der Waals surface area contributed by atoms with E-state index >= 15 is 0 Å². The molecule has 0 aliphatic heterocycles. The molecule has 1 aromatic heterocycles. The lowest BCUT2D eigenvalue weighted by Crippen LogP contribution is -1.99. The van der Waals surface area contributed by atoms with Gasteiger partial charge in [0, 0.05) is 11.1 Å². The molecule has 1 N–H and O–H groups in total. The number of benzene rings is 1. The number of rotatable bonds is 3. The third-order valence-electron chi connectivity index (χ3n) is 2.53. The van der Waals surface area contributed by atoms with Crippen molar-refractivity contribution in [1.29, 1.82) is 5.26 Å². The molecule has 0 aliphatic carbocycles. The fourth-order valence-corrected chi connectivity index (χ4v) is 2.40. The van der Waals surface area contributed by atoms with Gasteiger partial charge < -0.3 is 5.11 Å². The molecule has 5 heteroatoms. The van der Waals surface area contributed by atoms with Crippen LogP contribution in [0.5, 0.6) is 0 Å². The maximum atomic E-state index is 11.1. The minimum Gasteiger partial charge on any atom is -0.478 e. The third-order valence-corrected chi connectivity index (χ3v) is 3.45. The zero-order chi connectivity index (χ0) is 13.8. The summed E-state index contributed by atoms with van der Waals surface area (Å²) < 4.78 is 0. The Morgan fingerprint density at radius 3 is 2.84 bits per heavy atom. The van der Waals surface area contributed by atoms with E-state index in [9.17, 15) is 4.79 Å². The summed E-state index contributed by atoms with van der Waals surface area (Å²) in [6, 6.07) is 10.6. The second kappa shape index (κ2) is 5.55. The Bertz CT molecular complexity index is 677. The number of aryl methyl sites for hydroxylation is 1. The lowest BCUT2D eigenvalue weighted by molar-refractivity contribution is 0.0696. The lowest BCUT2D eigenvalue weighted by Gasteiger charge is -2.05. The van der Waals surface area contributed by atoms with E-state index in [1.54, 1.807) is 37.4 Å². The molecule has 4 nitrogen and oxygen atoms in total. The van der Waals surface area contributed by atoms with Crippen LogP contribution in [0.4, 0.5) is 0 Å². The van der Waals surface area contributed by atoms with Crippen LogP contribution in [0.15, 0.2) is 46.5 Å². The lowest BCUT2D eigenvalue weighted by atomic mass is 10.1. The van der Waals surface area contributed by atoms with Crippen LogP contribution in [-0.4, -0.2) is 16.1 Å². The summed E-state index contributed by atoms with van der Waals surface area (Å²) in [5, 5.41) is 18.6. The quantitative estimate of drug-likeness (QED) is 0.927. The highest BCUT2D eigenvalue weighted by molar-refractivity contribution is 7.99. The summed E-state index contributed by atoms with van der Waals surface area (Å²) in [5.41, 5.74) is 1.53. The van der Waals surface area contributed by atoms with Crippen LogP contribution in [0.25, 0.3) is 0 Å². The van der Waals surface area contributed by atoms with Gasteiger partial charge in [0.2, 0.25) is 0 Å². The standard InChI is InChI=1S/C14H10N2O2S/c1-9-2-3-11(7-12(9)14(17)18)19-13-6-10(8-15)4-5-16-13/h2-7H,1H3,(H,17,18). The second-order valence-electron chi connectivity index (χ2n) is 3.88. The van der Waals surface area contributed by atoms with Gasteiger partial charge in [-0.3, -0.25) is 0 Å². The summed E-state index contributed by atoms with van der Waals surface area (Å²) in [7, 11) is 0. The Labute approximate surface area is 114 Å². The highest BCUT2D eigenvalue weighted by Gasteiger charge is 2.09. The highest BCUT2D eigenvalue weighted by Crippen LogP contribution is 2.28. The Morgan fingerprint density at radius 2 is 2.16 bits per heavy atom. The number of nitrogens with zero attached hydrogens (tertiary/aromatic N) is 2. The molecule has 0 aliphatic rings. The first kappa shape index (κ1) is 13.1. The Hall–Kier alpha value is -2.32. The van der Waals surface area contributed by atoms with Crippen LogP contribution in [0.3, 0.4) is 0 Å². The highest BCUT2D eigenvalue weighted by atomic mass is 32.2. The van der Waals surface area contributed by atoms with E-state index in [1.807, 2.05) is 12.1 Å². The van der Waals surface area contributed by atoms with E-state index in [1.165, 1.54) is 11.8 Å². The molecular formula is C14H10N2O2S. The molecule has 94 valence electrons. The van der Waals surface area contributed by atoms with Crippen LogP contribution < -0.4 is 0 Å². The van der Waals surface area contributed by atoms with Gasteiger partial charge in [-0.05, 0) is 36.8 Å². The predicted octanol–water partition coefficient (Wildman–Crippen LogP) is 3.11. The van der Waals surface area contributed by atoms with E-state index < -0.39 is 5.97 Å². The van der Waals surface area contributed by atoms with Crippen LogP contribution in [0.1, 0.15) is 21.5 Å². The van der Waals surface area contributed by atoms with E-state index in [2.05, 4.69) is 4.98 Å². The molecule has 0 amide bonds. The Balaban J connectivity index is 2.31. The monoisotopic (exact) mass is 270 g/mol. The molecule has 1 heterocycles. The summed E-state index contributed by atoms with van der Waals surface area (Å²) in [6.07, 6.45) is 1.56. The minimum atomic E-state index is -0.946. The van der Waals surface area contributed by atoms with Crippen molar-refractivity contribution in [2.75, 3.05) is 0 Å². The van der Waals surface area contributed by atoms with Crippen LogP contribution in [0, 0.1) is 18.3 Å². The van der Waals surface area contributed by atoms with Gasteiger partial charge in [0.05, 0.1) is 17.2 Å². The molecule has 1 aromatic carbocycles. The van der Waals surface area contributed by atoms with Crippen molar-refractivity contribution < 1.29 is 9.90 Å². The molecule has 0 radical (unpaired) electrons. The molecule has 2 aromatic rings. The number of hydrogen-bond acceptors (Lipinski definition) is 4. The fraction of sp³-hybridized carbons (Fsp3) is 0.0714. The molecule has 0 bridgehead atoms. The van der Waals surface area contributed by atoms with Crippen molar-refractivity contribution in [1.82, 2.24) is 4.98 Å².